The zero-order chi connectivity index (χ0) is 27.4. The molecular formula is C29H34IN5O4. The molecule has 3 aromatic rings. The first-order valence-corrected chi connectivity index (χ1v) is 14.6. The van der Waals surface area contributed by atoms with Gasteiger partial charge >= 0.3 is 6.01 Å². The number of β-amino-alcohol motifs (C(OH)–C–C–N with tert-alkyl or cyclic N) is 1. The van der Waals surface area contributed by atoms with E-state index in [9.17, 15) is 15.0 Å². The zero-order valence-corrected chi connectivity index (χ0v) is 24.5. The lowest BCUT2D eigenvalue weighted by Crippen LogP contribution is -2.47. The maximum Gasteiger partial charge on any atom is 0.318 e. The Morgan fingerprint density at radius 1 is 1.21 bits per heavy atom. The van der Waals surface area contributed by atoms with Crippen LogP contribution in [0.25, 0.3) is 10.8 Å². The average molecular weight is 644 g/mol. The van der Waals surface area contributed by atoms with E-state index in [4.69, 9.17) is 14.7 Å². The van der Waals surface area contributed by atoms with E-state index >= 15 is 0 Å². The normalized spacial score (nSPS) is 21.7. The highest BCUT2D eigenvalue weighted by molar-refractivity contribution is 14.1. The van der Waals surface area contributed by atoms with Gasteiger partial charge in [0, 0.05) is 39.6 Å². The summed E-state index contributed by atoms with van der Waals surface area (Å²) in [5, 5.41) is 26.1. The molecule has 2 aromatic carbocycles. The Kier molecular flexibility index (Phi) is 6.83. The first kappa shape index (κ1) is 26.5. The molecule has 2 aliphatic heterocycles. The van der Waals surface area contributed by atoms with Gasteiger partial charge in [0.2, 0.25) is 0 Å². The van der Waals surface area contributed by atoms with Gasteiger partial charge in [-0.2, -0.15) is 9.97 Å². The number of phenols is 1. The summed E-state index contributed by atoms with van der Waals surface area (Å²) in [5.41, 5.74) is 1.45. The number of anilines is 1. The number of benzene rings is 2. The fourth-order valence-electron chi connectivity index (χ4n) is 5.93. The lowest BCUT2D eigenvalue weighted by atomic mass is 9.95. The molecule has 6 rings (SSSR count). The number of aromatic nitrogens is 2. The molecule has 1 saturated heterocycles. The Labute approximate surface area is 241 Å². The minimum atomic E-state index is -0.812. The van der Waals surface area contributed by atoms with Crippen LogP contribution in [0.4, 0.5) is 5.82 Å². The number of nitrogens with one attached hydrogen (secondary N) is 1. The van der Waals surface area contributed by atoms with E-state index in [0.717, 1.165) is 70.2 Å². The highest BCUT2D eigenvalue weighted by Crippen LogP contribution is 2.45. The number of carbonyl (C=O) groups is 1. The van der Waals surface area contributed by atoms with Crippen molar-refractivity contribution >= 4 is 45.1 Å². The van der Waals surface area contributed by atoms with E-state index in [2.05, 4.69) is 32.8 Å². The summed E-state index contributed by atoms with van der Waals surface area (Å²) in [4.78, 5) is 27.4. The molecule has 39 heavy (non-hydrogen) atoms. The maximum atomic E-state index is 13.9. The molecule has 1 aromatic heterocycles. The average Bonchev–Trinajstić information content (AvgIpc) is 3.52. The monoisotopic (exact) mass is 643 g/mol. The summed E-state index contributed by atoms with van der Waals surface area (Å²) >= 11 is 2.23. The Bertz CT molecular complexity index is 1440. The fourth-order valence-corrected chi connectivity index (χ4v) is 6.74. The number of hydrogen-bond acceptors (Lipinski definition) is 8. The number of aromatic hydroxyl groups is 1. The number of amides is 1. The number of halogens is 1. The Hall–Kier alpha value is -2.70. The summed E-state index contributed by atoms with van der Waals surface area (Å²) in [6.45, 7) is 5.20. The second-order valence-corrected chi connectivity index (χ2v) is 12.8. The van der Waals surface area contributed by atoms with Crippen molar-refractivity contribution in [2.24, 2.45) is 5.41 Å². The first-order valence-electron chi connectivity index (χ1n) is 13.5. The van der Waals surface area contributed by atoms with Crippen LogP contribution in [0.15, 0.2) is 30.3 Å². The minimum absolute atomic E-state index is 0.0619. The van der Waals surface area contributed by atoms with Crippen LogP contribution in [0.2, 0.25) is 0 Å². The molecule has 2 fully saturated rings. The van der Waals surface area contributed by atoms with Crippen molar-refractivity contribution in [3.8, 4) is 11.8 Å². The molecule has 0 spiro atoms. The molecule has 3 aliphatic rings. The highest BCUT2D eigenvalue weighted by Gasteiger charge is 2.43. The molecular weight excluding hydrogens is 609 g/mol. The Balaban J connectivity index is 1.34. The minimum Gasteiger partial charge on any atom is -0.508 e. The smallest absolute Gasteiger partial charge is 0.318 e. The lowest BCUT2D eigenvalue weighted by Gasteiger charge is -2.38. The molecule has 1 aliphatic carbocycles. The molecule has 10 heteroatoms. The van der Waals surface area contributed by atoms with E-state index in [0.29, 0.717) is 37.8 Å². The maximum absolute atomic E-state index is 13.9. The summed E-state index contributed by atoms with van der Waals surface area (Å²) < 4.78 is 7.13. The summed E-state index contributed by atoms with van der Waals surface area (Å²) in [5.74, 6) is 0.633. The number of piperidine rings is 1. The first-order chi connectivity index (χ1) is 18.7. The Morgan fingerprint density at radius 3 is 2.77 bits per heavy atom. The van der Waals surface area contributed by atoms with Gasteiger partial charge in [0.1, 0.15) is 11.6 Å². The quantitative estimate of drug-likeness (QED) is 0.334. The van der Waals surface area contributed by atoms with E-state index < -0.39 is 5.60 Å². The van der Waals surface area contributed by atoms with Gasteiger partial charge in [0.05, 0.1) is 36.6 Å². The van der Waals surface area contributed by atoms with Crippen molar-refractivity contribution in [2.45, 2.75) is 51.3 Å². The van der Waals surface area contributed by atoms with Gasteiger partial charge in [-0.3, -0.25) is 4.79 Å². The fraction of sp³-hybridized carbons (Fsp3) is 0.483. The third-order valence-corrected chi connectivity index (χ3v) is 9.06. The van der Waals surface area contributed by atoms with E-state index in [1.807, 2.05) is 32.2 Å². The van der Waals surface area contributed by atoms with Gasteiger partial charge in [-0.15, -0.1) is 0 Å². The highest BCUT2D eigenvalue weighted by atomic mass is 127. The van der Waals surface area contributed by atoms with Crippen molar-refractivity contribution in [1.82, 2.24) is 20.2 Å². The predicted molar refractivity (Wildman–Crippen MR) is 157 cm³/mol. The molecule has 206 valence electrons. The molecule has 3 heterocycles. The van der Waals surface area contributed by atoms with Crippen LogP contribution >= 0.6 is 22.6 Å². The van der Waals surface area contributed by atoms with Crippen LogP contribution in [0.3, 0.4) is 0 Å². The second kappa shape index (κ2) is 10.0. The molecule has 3 N–H and O–H groups in total. The van der Waals surface area contributed by atoms with Crippen LogP contribution in [-0.2, 0) is 13.1 Å². The number of fused-ring (bicyclic) bond motifs is 2. The van der Waals surface area contributed by atoms with Crippen molar-refractivity contribution in [3.05, 3.63) is 50.7 Å². The largest absolute Gasteiger partial charge is 0.508 e. The molecule has 1 amide bonds. The molecule has 0 radical (unpaired) electrons. The zero-order valence-electron chi connectivity index (χ0n) is 22.3. The van der Waals surface area contributed by atoms with Crippen molar-refractivity contribution < 1.29 is 19.7 Å². The van der Waals surface area contributed by atoms with Crippen molar-refractivity contribution in [2.75, 3.05) is 38.2 Å². The predicted octanol–water partition coefficient (Wildman–Crippen LogP) is 3.83. The van der Waals surface area contributed by atoms with Crippen LogP contribution in [-0.4, -0.2) is 69.9 Å². The number of aliphatic hydroxyl groups is 1. The van der Waals surface area contributed by atoms with Gasteiger partial charge in [-0.05, 0) is 85.8 Å². The van der Waals surface area contributed by atoms with Gasteiger partial charge in [0.15, 0.2) is 0 Å². The number of phenolic OH excluding ortho intramolecular Hbond substituents is 1. The lowest BCUT2D eigenvalue weighted by molar-refractivity contribution is 0.0445. The van der Waals surface area contributed by atoms with Crippen LogP contribution in [0.1, 0.15) is 54.2 Å². The van der Waals surface area contributed by atoms with Crippen molar-refractivity contribution in [1.29, 1.82) is 0 Å². The van der Waals surface area contributed by atoms with Crippen molar-refractivity contribution in [3.63, 3.8) is 0 Å². The van der Waals surface area contributed by atoms with Gasteiger partial charge in [-0.1, -0.05) is 12.1 Å². The summed E-state index contributed by atoms with van der Waals surface area (Å²) in [6.07, 6.45) is 3.81. The van der Waals surface area contributed by atoms with Crippen LogP contribution in [0, 0.1) is 8.99 Å². The summed E-state index contributed by atoms with van der Waals surface area (Å²) in [6, 6.07) is 9.35. The van der Waals surface area contributed by atoms with E-state index in [1.54, 1.807) is 17.0 Å². The summed E-state index contributed by atoms with van der Waals surface area (Å²) in [7, 11) is 1.95. The number of hydrogen-bond donors (Lipinski definition) is 3. The molecule has 0 bridgehead atoms. The standard InChI is InChI=1S/C29H34IN5O4/c1-28(38)7-4-10-34(16-28)25-21-13-35(14-23(21)32-27(33-25)39-17-29(8-9-29)15-31-2)26(37)20-12-19(36)11-18-5-3-6-22(30)24(18)20/h3,5-6,11-12,31,36,38H,4,7-10,13-17H2,1-2H3/t28-/m1/s1. The Morgan fingerprint density at radius 2 is 2.03 bits per heavy atom. The SMILES string of the molecule is CNCC1(COc2nc3c(c(N4CCC[C@@](C)(O)C4)n2)CN(C(=O)c2cc(O)cc4cccc(I)c24)C3)CC1. The molecule has 1 atom stereocenters. The number of rotatable bonds is 7. The van der Waals surface area contributed by atoms with Gasteiger partial charge in [0.25, 0.3) is 5.91 Å². The van der Waals surface area contributed by atoms with Crippen LogP contribution in [0.5, 0.6) is 11.8 Å². The molecule has 1 saturated carbocycles. The molecule has 0 unspecified atom stereocenters. The number of nitrogens with zero attached hydrogens (tertiary/aromatic N) is 4. The third kappa shape index (κ3) is 5.26. The van der Waals surface area contributed by atoms with E-state index in [1.165, 1.54) is 0 Å². The van der Waals surface area contributed by atoms with Gasteiger partial charge < -0.3 is 30.1 Å². The topological polar surface area (TPSA) is 111 Å². The number of carbonyl (C=O) groups excluding carboxylic acids is 1. The van der Waals surface area contributed by atoms with E-state index in [-0.39, 0.29) is 17.1 Å². The molecule has 9 nitrogen and oxygen atoms in total. The van der Waals surface area contributed by atoms with Gasteiger partial charge in [-0.25, -0.2) is 0 Å². The third-order valence-electron chi connectivity index (χ3n) is 8.16. The van der Waals surface area contributed by atoms with Crippen LogP contribution < -0.4 is 15.0 Å². The number of ether oxygens (including phenoxy) is 1. The second-order valence-electron chi connectivity index (χ2n) is 11.6.